The summed E-state index contributed by atoms with van der Waals surface area (Å²) >= 11 is 0. The van der Waals surface area contributed by atoms with E-state index in [1.807, 2.05) is 78.9 Å². The van der Waals surface area contributed by atoms with Gasteiger partial charge in [-0.2, -0.15) is 5.11 Å². The van der Waals surface area contributed by atoms with E-state index >= 15 is 37.5 Å². The molecule has 0 aliphatic carbocycles. The van der Waals surface area contributed by atoms with E-state index in [1.54, 1.807) is 135 Å². The van der Waals surface area contributed by atoms with Crippen LogP contribution in [0.4, 0.5) is 8.78 Å². The van der Waals surface area contributed by atoms with Crippen molar-refractivity contribution in [2.45, 2.75) is 186 Å². The quantitative estimate of drug-likeness (QED) is 0.0507. The molecule has 7 aliphatic rings. The summed E-state index contributed by atoms with van der Waals surface area (Å²) in [5, 5.41) is 59.8. The molecule has 2 saturated heterocycles. The molecular formula is C88H105F2N17O14. The predicted octanol–water partition coefficient (Wildman–Crippen LogP) is 5.89. The van der Waals surface area contributed by atoms with Gasteiger partial charge in [-0.15, -0.1) is 5.10 Å². The van der Waals surface area contributed by atoms with Crippen LogP contribution in [0.2, 0.25) is 0 Å². The lowest BCUT2D eigenvalue weighted by Crippen LogP contribution is -2.61. The third-order valence-electron chi connectivity index (χ3n) is 22.6. The Hall–Kier alpha value is -12.5. The first-order valence-corrected chi connectivity index (χ1v) is 40.5. The SMILES string of the molecule is CNC(C)C(=O)NC(C(=O)N1CC2CC1C(=O)NC(Cc1ccc3ccccc3c1)C(=O)NC(C(=O)O)Cc1ccc(cc1)OCc1cn(nn1)C1CC(C(=O)NC(Cc3ccc4ccccc4c3)C(=O)NC(C(=O)NCc3cc(F)c(OC)c(F)c3)Cc3ccc(cc3)OCC3CN2N=N3)N(C(=O)C(NC(=O)C(C)NC)C(C)(C)C)C1)C(C)(C)C. The van der Waals surface area contributed by atoms with Gasteiger partial charge < -0.3 is 77.0 Å². The summed E-state index contributed by atoms with van der Waals surface area (Å²) in [5.74, 6) is -9.42. The molecule has 15 rings (SSSR count). The molecule has 0 radical (unpaired) electrons. The monoisotopic (exact) mass is 1660 g/mol. The number of hydrogen-bond donors (Lipinski definition) is 10. The number of hydrogen-bond acceptors (Lipinski definition) is 20. The molecule has 640 valence electrons. The highest BCUT2D eigenvalue weighted by Gasteiger charge is 2.50. The van der Waals surface area contributed by atoms with Crippen LogP contribution in [0.25, 0.3) is 21.5 Å². The van der Waals surface area contributed by atoms with Crippen molar-refractivity contribution < 1.29 is 76.0 Å². The number of methoxy groups -OCH3 is 1. The van der Waals surface area contributed by atoms with E-state index in [1.165, 1.54) is 14.5 Å². The van der Waals surface area contributed by atoms with E-state index in [0.717, 1.165) is 40.8 Å². The number of likely N-dealkylation sites (tertiary alicyclic amines) is 2. The highest BCUT2D eigenvalue weighted by Crippen LogP contribution is 2.35. The Morgan fingerprint density at radius 2 is 1.05 bits per heavy atom. The summed E-state index contributed by atoms with van der Waals surface area (Å²) in [6.07, 6.45) is 0.833. The minimum atomic E-state index is -1.53. The summed E-state index contributed by atoms with van der Waals surface area (Å²) in [4.78, 5) is 151. The van der Waals surface area contributed by atoms with Crippen LogP contribution < -0.4 is 62.1 Å². The second-order valence-corrected chi connectivity index (χ2v) is 33.6. The number of carboxylic acids is 1. The molecule has 31 nitrogen and oxygen atoms in total. The molecule has 7 aliphatic heterocycles. The third kappa shape index (κ3) is 21.7. The summed E-state index contributed by atoms with van der Waals surface area (Å²) in [7, 11) is 4.32. The van der Waals surface area contributed by atoms with Gasteiger partial charge in [-0.25, -0.2) is 18.3 Å². The number of aliphatic carboxylic acids is 1. The molecule has 33 heteroatoms. The zero-order chi connectivity index (χ0) is 86.7. The summed E-state index contributed by atoms with van der Waals surface area (Å²) in [6.45, 7) is 13.3. The number of aromatic nitrogens is 3. The van der Waals surface area contributed by atoms with Crippen molar-refractivity contribution in [2.24, 2.45) is 21.2 Å². The molecule has 7 aromatic carbocycles. The van der Waals surface area contributed by atoms with Crippen molar-refractivity contribution >= 4 is 80.7 Å². The van der Waals surface area contributed by atoms with Gasteiger partial charge in [-0.3, -0.25) is 48.2 Å². The number of carboxylic acid groups (broad SMARTS) is 1. The maximum Gasteiger partial charge on any atom is 0.326 e. The van der Waals surface area contributed by atoms with Crippen molar-refractivity contribution in [3.05, 3.63) is 197 Å². The second-order valence-electron chi connectivity index (χ2n) is 33.6. The number of carbonyl (C=O) groups is 10. The minimum Gasteiger partial charge on any atom is -0.491 e. The van der Waals surface area contributed by atoms with Crippen molar-refractivity contribution in [3.63, 3.8) is 0 Å². The Morgan fingerprint density at radius 3 is 1.54 bits per heavy atom. The Balaban J connectivity index is 0.887. The molecule has 10 N–H and O–H groups in total. The fourth-order valence-corrected chi connectivity index (χ4v) is 15.3. The number of halogens is 2. The fraction of sp³-hybridized carbons (Fsp3) is 0.432. The number of carbonyl (C=O) groups excluding carboxylic acids is 9. The van der Waals surface area contributed by atoms with Crippen LogP contribution in [0.15, 0.2) is 162 Å². The number of benzene rings is 7. The van der Waals surface area contributed by atoms with Gasteiger partial charge in [-0.05, 0) is 125 Å². The lowest BCUT2D eigenvalue weighted by molar-refractivity contribution is -0.145. The number of likely N-dealkylation sites (N-methyl/N-ethyl adjacent to an activating group) is 2. The van der Waals surface area contributed by atoms with Crippen LogP contribution >= 0.6 is 0 Å². The van der Waals surface area contributed by atoms with Crippen LogP contribution in [0.5, 0.6) is 17.2 Å². The second kappa shape index (κ2) is 38.3. The molecule has 13 unspecified atom stereocenters. The maximum atomic E-state index is 15.6. The molecule has 8 heterocycles. The number of amides is 9. The first kappa shape index (κ1) is 87.8. The first-order chi connectivity index (χ1) is 57.7. The standard InChI is InChI=1S/C88H105F2N17O14/c1-49(91-9)77(108)98-75(87(3,4)5)84(115)104-45-62-40-72(104)82(113)95-69(38-53-20-26-56-16-12-14-18-58(56)32-53)80(111)94-68(79(110)93-42-55-34-66(89)74(119-11)67(90)35-55)36-51-22-28-64(29-23-51)120-47-60-43-107(102-100-60)63-41-73(105(46-63)85(116)76(88(6,7)8)99-78(109)50(2)92-10)83(114)96-70(39-54-21-27-57-17-13-15-19-59(57)33-54)81(112)97-71(86(117)118)37-52-24-30-65(31-25-52)121-48-61-44-106(62)103-101-61/h12-35,44,49-50,60,62-63,68-73,75-76,91-92H,36-43,45-48H2,1-11H3,(H,93,110)(H,94,111)(H,95,113)(H,96,114)(H,97,112)(H,98,108)(H,99,109)(H,117,118). The van der Waals surface area contributed by atoms with Gasteiger partial charge >= 0.3 is 5.97 Å². The van der Waals surface area contributed by atoms with Crippen LogP contribution in [-0.2, 0) is 86.8 Å². The van der Waals surface area contributed by atoms with Crippen LogP contribution in [-0.4, -0.2) is 214 Å². The number of nitrogens with zero attached hydrogens (tertiary/aromatic N) is 8. The Labute approximate surface area is 699 Å². The van der Waals surface area contributed by atoms with Crippen molar-refractivity contribution in [3.8, 4) is 17.2 Å². The van der Waals surface area contributed by atoms with Crippen molar-refractivity contribution in [1.82, 2.24) is 77.7 Å². The van der Waals surface area contributed by atoms with E-state index in [4.69, 9.17) is 14.2 Å². The summed E-state index contributed by atoms with van der Waals surface area (Å²) in [6, 6.07) is 27.1. The van der Waals surface area contributed by atoms with Gasteiger partial charge in [0.2, 0.25) is 53.2 Å². The Kier molecular flexibility index (Phi) is 27.8. The Bertz CT molecular complexity index is 5150. The van der Waals surface area contributed by atoms with Crippen LogP contribution in [0.3, 0.4) is 0 Å². The van der Waals surface area contributed by atoms with Crippen LogP contribution in [0.1, 0.15) is 108 Å². The van der Waals surface area contributed by atoms with E-state index in [9.17, 15) is 24.3 Å². The highest BCUT2D eigenvalue weighted by atomic mass is 19.1. The number of nitrogens with one attached hydrogen (secondary N) is 9. The number of fused-ring (bicyclic) bond motifs is 2. The molecule has 0 saturated carbocycles. The van der Waals surface area contributed by atoms with E-state index < -0.39 is 172 Å². The molecule has 2 fully saturated rings. The predicted molar refractivity (Wildman–Crippen MR) is 444 cm³/mol. The lowest BCUT2D eigenvalue weighted by Gasteiger charge is -2.36. The normalized spacial score (nSPS) is 21.9. The number of ether oxygens (including phenoxy) is 3. The molecule has 1 aromatic heterocycles. The summed E-state index contributed by atoms with van der Waals surface area (Å²) < 4.78 is 49.3. The molecular weight excluding hydrogens is 1560 g/mol. The van der Waals surface area contributed by atoms with E-state index in [0.29, 0.717) is 39.4 Å². The van der Waals surface area contributed by atoms with Gasteiger partial charge in [0.1, 0.15) is 84.8 Å². The largest absolute Gasteiger partial charge is 0.491 e. The third-order valence-corrected chi connectivity index (χ3v) is 22.6. The molecule has 13 atom stereocenters. The van der Waals surface area contributed by atoms with E-state index in [-0.39, 0.29) is 76.9 Å². The number of rotatable bonds is 17. The average molecular weight is 1660 g/mol. The van der Waals surface area contributed by atoms with Gasteiger partial charge in [0.05, 0.1) is 44.0 Å². The molecule has 12 bridgehead atoms. The maximum absolute atomic E-state index is 15.6. The fourth-order valence-electron chi connectivity index (χ4n) is 15.3. The zero-order valence-corrected chi connectivity index (χ0v) is 69.5. The summed E-state index contributed by atoms with van der Waals surface area (Å²) in [5.41, 5.74) is 0.729. The van der Waals surface area contributed by atoms with Gasteiger partial charge in [0.25, 0.3) is 0 Å². The topological polar surface area (TPSA) is 392 Å². The lowest BCUT2D eigenvalue weighted by atomic mass is 9.85. The molecule has 0 spiro atoms. The van der Waals surface area contributed by atoms with E-state index in [2.05, 4.69) is 68.5 Å². The Morgan fingerprint density at radius 1 is 0.579 bits per heavy atom. The molecule has 9 amide bonds. The van der Waals surface area contributed by atoms with Crippen molar-refractivity contribution in [2.75, 3.05) is 47.4 Å². The highest BCUT2D eigenvalue weighted by molar-refractivity contribution is 5.99. The van der Waals surface area contributed by atoms with Gasteiger partial charge in [0, 0.05) is 58.2 Å². The first-order valence-electron chi connectivity index (χ1n) is 40.5. The van der Waals surface area contributed by atoms with Gasteiger partial charge in [0.15, 0.2) is 17.4 Å². The van der Waals surface area contributed by atoms with Crippen LogP contribution in [0, 0.1) is 22.5 Å². The molecule has 121 heavy (non-hydrogen) atoms. The van der Waals surface area contributed by atoms with Crippen molar-refractivity contribution in [1.29, 1.82) is 0 Å². The smallest absolute Gasteiger partial charge is 0.326 e. The average Bonchev–Trinajstić information content (AvgIpc) is 1.64. The minimum absolute atomic E-state index is 0.0244. The molecule has 8 aromatic rings. The zero-order valence-electron chi connectivity index (χ0n) is 69.5. The van der Waals surface area contributed by atoms with Gasteiger partial charge in [-0.1, -0.05) is 161 Å².